The van der Waals surface area contributed by atoms with Crippen LogP contribution in [0.25, 0.3) is 110 Å². The van der Waals surface area contributed by atoms with Gasteiger partial charge in [0.15, 0.2) is 5.82 Å². The van der Waals surface area contributed by atoms with Crippen LogP contribution in [0.3, 0.4) is 0 Å². The smallest absolute Gasteiger partial charge is 0.160 e. The molecule has 0 atom stereocenters. The van der Waals surface area contributed by atoms with E-state index in [4.69, 9.17) is 14.4 Å². The summed E-state index contributed by atoms with van der Waals surface area (Å²) in [7, 11) is 0. The molecule has 56 heavy (non-hydrogen) atoms. The van der Waals surface area contributed by atoms with Crippen LogP contribution in [-0.4, -0.2) is 15.0 Å². The lowest BCUT2D eigenvalue weighted by molar-refractivity contribution is 0.670. The van der Waals surface area contributed by atoms with Crippen molar-refractivity contribution in [3.8, 4) is 67.4 Å². The first-order valence-electron chi connectivity index (χ1n) is 18.7. The Bertz CT molecular complexity index is 3220. The van der Waals surface area contributed by atoms with Gasteiger partial charge < -0.3 is 4.42 Å². The normalized spacial score (nSPS) is 11.6. The van der Waals surface area contributed by atoms with Crippen molar-refractivity contribution in [3.63, 3.8) is 0 Å². The van der Waals surface area contributed by atoms with E-state index in [-0.39, 0.29) is 0 Å². The van der Waals surface area contributed by atoms with E-state index in [2.05, 4.69) is 145 Å². The molecule has 0 bridgehead atoms. The molecule has 0 saturated carbocycles. The van der Waals surface area contributed by atoms with Gasteiger partial charge >= 0.3 is 0 Å². The standard InChI is InChI=1S/C51H31N3OS/c1-2-11-33(12-3-1)44-31-45(54-51(53-44)36-26-24-34(25-27-36)43-17-8-9-30-52-43)35-22-20-32(21-23-35)37-28-29-39(49-48(37)42-14-4-6-18-46(42)55-49)41-16-10-15-40-38-13-5-7-19-47(38)56-50(40)41/h1-31H. The van der Waals surface area contributed by atoms with Crippen LogP contribution < -0.4 is 0 Å². The van der Waals surface area contributed by atoms with Gasteiger partial charge in [0.05, 0.1) is 17.1 Å². The summed E-state index contributed by atoms with van der Waals surface area (Å²) in [6.07, 6.45) is 1.82. The third-order valence-corrected chi connectivity index (χ3v) is 11.8. The molecule has 4 heterocycles. The number of nitrogens with zero attached hydrogens (tertiary/aromatic N) is 3. The van der Waals surface area contributed by atoms with E-state index in [1.54, 1.807) is 0 Å². The Kier molecular flexibility index (Phi) is 7.64. The Labute approximate surface area is 327 Å². The number of furan rings is 1. The molecule has 4 nitrogen and oxygen atoms in total. The van der Waals surface area contributed by atoms with Gasteiger partial charge in [0.2, 0.25) is 0 Å². The highest BCUT2D eigenvalue weighted by Crippen LogP contribution is 2.46. The Morgan fingerprint density at radius 3 is 1.82 bits per heavy atom. The van der Waals surface area contributed by atoms with E-state index < -0.39 is 0 Å². The quantitative estimate of drug-likeness (QED) is 0.171. The van der Waals surface area contributed by atoms with Gasteiger partial charge in [-0.25, -0.2) is 9.97 Å². The zero-order valence-corrected chi connectivity index (χ0v) is 30.9. The molecule has 262 valence electrons. The minimum atomic E-state index is 0.675. The maximum atomic E-state index is 6.74. The number of hydrogen-bond acceptors (Lipinski definition) is 5. The fraction of sp³-hybridized carbons (Fsp3) is 0. The van der Waals surface area contributed by atoms with Crippen molar-refractivity contribution in [2.45, 2.75) is 0 Å². The molecule has 4 aromatic heterocycles. The molecule has 11 aromatic rings. The van der Waals surface area contributed by atoms with Crippen LogP contribution in [-0.2, 0) is 0 Å². The topological polar surface area (TPSA) is 51.8 Å². The van der Waals surface area contributed by atoms with E-state index in [1.807, 2.05) is 60.0 Å². The number of thiophene rings is 1. The fourth-order valence-corrected chi connectivity index (χ4v) is 9.10. The molecule has 0 amide bonds. The highest BCUT2D eigenvalue weighted by Gasteiger charge is 2.20. The summed E-state index contributed by atoms with van der Waals surface area (Å²) in [5.74, 6) is 0.675. The Morgan fingerprint density at radius 1 is 0.411 bits per heavy atom. The van der Waals surface area contributed by atoms with Crippen LogP contribution in [0.2, 0.25) is 0 Å². The average molecular weight is 734 g/mol. The summed E-state index contributed by atoms with van der Waals surface area (Å²) in [5.41, 5.74) is 13.0. The first-order valence-corrected chi connectivity index (χ1v) is 19.5. The molecule has 0 spiro atoms. The predicted octanol–water partition coefficient (Wildman–Crippen LogP) is 14.1. The number of para-hydroxylation sites is 1. The molecule has 11 rings (SSSR count). The second kappa shape index (κ2) is 13.3. The summed E-state index contributed by atoms with van der Waals surface area (Å²) < 4.78 is 9.31. The lowest BCUT2D eigenvalue weighted by atomic mass is 9.93. The number of benzene rings is 7. The summed E-state index contributed by atoms with van der Waals surface area (Å²) in [6.45, 7) is 0. The number of rotatable bonds is 6. The molecule has 0 saturated heterocycles. The molecule has 0 aliphatic carbocycles. The van der Waals surface area contributed by atoms with Crippen LogP contribution >= 0.6 is 11.3 Å². The highest BCUT2D eigenvalue weighted by atomic mass is 32.1. The van der Waals surface area contributed by atoms with Gasteiger partial charge in [-0.05, 0) is 47.5 Å². The van der Waals surface area contributed by atoms with Crippen LogP contribution in [0.1, 0.15) is 0 Å². The number of fused-ring (bicyclic) bond motifs is 6. The summed E-state index contributed by atoms with van der Waals surface area (Å²) in [6, 6.07) is 63.5. The second-order valence-corrected chi connectivity index (χ2v) is 15.0. The van der Waals surface area contributed by atoms with Crippen LogP contribution in [0.4, 0.5) is 0 Å². The molecule has 0 aliphatic rings. The van der Waals surface area contributed by atoms with Gasteiger partial charge in [0.1, 0.15) is 11.2 Å². The van der Waals surface area contributed by atoms with Gasteiger partial charge in [-0.2, -0.15) is 0 Å². The zero-order chi connectivity index (χ0) is 37.0. The van der Waals surface area contributed by atoms with Crippen molar-refractivity contribution >= 4 is 53.4 Å². The maximum Gasteiger partial charge on any atom is 0.160 e. The van der Waals surface area contributed by atoms with E-state index in [0.29, 0.717) is 5.82 Å². The Hall–Kier alpha value is -7.21. The van der Waals surface area contributed by atoms with Crippen LogP contribution in [0.15, 0.2) is 193 Å². The van der Waals surface area contributed by atoms with Crippen molar-refractivity contribution < 1.29 is 4.42 Å². The average Bonchev–Trinajstić information content (AvgIpc) is 3.86. The molecule has 0 fully saturated rings. The van der Waals surface area contributed by atoms with Crippen molar-refractivity contribution in [3.05, 3.63) is 188 Å². The van der Waals surface area contributed by atoms with Gasteiger partial charge in [0, 0.05) is 70.5 Å². The summed E-state index contributed by atoms with van der Waals surface area (Å²) in [4.78, 5) is 14.7. The molecule has 0 radical (unpaired) electrons. The number of pyridine rings is 1. The van der Waals surface area contributed by atoms with E-state index in [9.17, 15) is 0 Å². The molecule has 7 aromatic carbocycles. The number of aromatic nitrogens is 3. The minimum Gasteiger partial charge on any atom is -0.455 e. The van der Waals surface area contributed by atoms with Crippen molar-refractivity contribution in [1.82, 2.24) is 15.0 Å². The molecular formula is C51H31N3OS. The molecule has 0 N–H and O–H groups in total. The molecular weight excluding hydrogens is 703 g/mol. The van der Waals surface area contributed by atoms with Gasteiger partial charge in [-0.3, -0.25) is 4.98 Å². The van der Waals surface area contributed by atoms with Crippen molar-refractivity contribution in [1.29, 1.82) is 0 Å². The van der Waals surface area contributed by atoms with E-state index in [0.717, 1.165) is 78.0 Å². The summed E-state index contributed by atoms with van der Waals surface area (Å²) in [5, 5.41) is 4.79. The predicted molar refractivity (Wildman–Crippen MR) is 233 cm³/mol. The summed E-state index contributed by atoms with van der Waals surface area (Å²) >= 11 is 1.84. The SMILES string of the molecule is c1ccc(-c2cc(-c3ccc(-c4ccc(-c5cccc6c5sc5ccccc56)c5oc6ccccc6c45)cc3)nc(-c3ccc(-c4ccccn4)cc3)n2)cc1. The lowest BCUT2D eigenvalue weighted by Crippen LogP contribution is -1.96. The first-order chi connectivity index (χ1) is 27.7. The van der Waals surface area contributed by atoms with Crippen LogP contribution in [0.5, 0.6) is 0 Å². The lowest BCUT2D eigenvalue weighted by Gasteiger charge is -2.12. The van der Waals surface area contributed by atoms with Crippen LogP contribution in [0, 0.1) is 0 Å². The second-order valence-electron chi connectivity index (χ2n) is 13.9. The Balaban J connectivity index is 1.02. The monoisotopic (exact) mass is 733 g/mol. The van der Waals surface area contributed by atoms with Crippen molar-refractivity contribution in [2.75, 3.05) is 0 Å². The van der Waals surface area contributed by atoms with E-state index >= 15 is 0 Å². The maximum absolute atomic E-state index is 6.74. The minimum absolute atomic E-state index is 0.675. The van der Waals surface area contributed by atoms with E-state index in [1.165, 1.54) is 25.7 Å². The third kappa shape index (κ3) is 5.48. The third-order valence-electron chi connectivity index (χ3n) is 10.6. The molecule has 0 aliphatic heterocycles. The van der Waals surface area contributed by atoms with Gasteiger partial charge in [0.25, 0.3) is 0 Å². The molecule has 0 unspecified atom stereocenters. The van der Waals surface area contributed by atoms with Gasteiger partial charge in [-0.1, -0.05) is 146 Å². The first kappa shape index (κ1) is 32.2. The highest BCUT2D eigenvalue weighted by molar-refractivity contribution is 7.26. The fourth-order valence-electron chi connectivity index (χ4n) is 7.87. The molecule has 5 heteroatoms. The van der Waals surface area contributed by atoms with Crippen molar-refractivity contribution in [2.24, 2.45) is 0 Å². The largest absolute Gasteiger partial charge is 0.455 e. The zero-order valence-electron chi connectivity index (χ0n) is 30.1. The Morgan fingerprint density at radius 2 is 1.04 bits per heavy atom. The number of hydrogen-bond donors (Lipinski definition) is 0. The van der Waals surface area contributed by atoms with Gasteiger partial charge in [-0.15, -0.1) is 11.3 Å².